The number of nitrogens with zero attached hydrogens (tertiary/aromatic N) is 1. The number of allylic oxidation sites excluding steroid dienone is 4. The molecule has 36 heavy (non-hydrogen) atoms. The molecule has 3 aromatic carbocycles. The number of carbonyl (C=O) groups excluding carboxylic acids is 1. The lowest BCUT2D eigenvalue weighted by Gasteiger charge is -2.15. The van der Waals surface area contributed by atoms with Gasteiger partial charge in [-0.3, -0.25) is 4.79 Å². The molecule has 0 spiro atoms. The Balaban J connectivity index is 0.00000104. The lowest BCUT2D eigenvalue weighted by atomic mass is 9.94. The summed E-state index contributed by atoms with van der Waals surface area (Å²) < 4.78 is 14.1. The van der Waals surface area contributed by atoms with Gasteiger partial charge in [-0.1, -0.05) is 80.2 Å². The van der Waals surface area contributed by atoms with Gasteiger partial charge in [0.1, 0.15) is 5.83 Å². The van der Waals surface area contributed by atoms with Crippen molar-refractivity contribution in [3.63, 3.8) is 0 Å². The number of fused-ring (bicyclic) bond motifs is 3. The van der Waals surface area contributed by atoms with Crippen molar-refractivity contribution in [3.05, 3.63) is 113 Å². The molecule has 2 aliphatic carbocycles. The zero-order chi connectivity index (χ0) is 25.2. The second kappa shape index (κ2) is 10.3. The Bertz CT molecular complexity index is 1400. The normalized spacial score (nSPS) is 19.9. The van der Waals surface area contributed by atoms with E-state index in [1.807, 2.05) is 87.5 Å². The molecule has 3 aliphatic rings. The van der Waals surface area contributed by atoms with Crippen LogP contribution < -0.4 is 5.32 Å². The molecule has 1 amide bonds. The predicted octanol–water partition coefficient (Wildman–Crippen LogP) is 8.46. The van der Waals surface area contributed by atoms with Crippen molar-refractivity contribution in [2.45, 2.75) is 43.0 Å². The summed E-state index contributed by atoms with van der Waals surface area (Å²) in [6.07, 6.45) is 4.30. The largest absolute Gasteiger partial charge is 0.346 e. The average Bonchev–Trinajstić information content (AvgIpc) is 3.74. The molecule has 1 heterocycles. The molecule has 0 radical (unpaired) electrons. The van der Waals surface area contributed by atoms with Crippen molar-refractivity contribution in [2.75, 3.05) is 0 Å². The summed E-state index contributed by atoms with van der Waals surface area (Å²) in [5.41, 5.74) is 5.42. The van der Waals surface area contributed by atoms with Crippen molar-refractivity contribution in [1.82, 2.24) is 5.32 Å². The molecular weight excluding hydrogens is 467 g/mol. The Labute approximate surface area is 217 Å². The van der Waals surface area contributed by atoms with Crippen LogP contribution in [0.4, 0.5) is 10.1 Å². The fourth-order valence-corrected chi connectivity index (χ4v) is 5.73. The van der Waals surface area contributed by atoms with Gasteiger partial charge in [0.2, 0.25) is 0 Å². The van der Waals surface area contributed by atoms with Crippen LogP contribution in [-0.4, -0.2) is 11.6 Å². The first kappa shape index (κ1) is 24.3. The van der Waals surface area contributed by atoms with E-state index >= 15 is 0 Å². The zero-order valence-corrected chi connectivity index (χ0v) is 21.5. The van der Waals surface area contributed by atoms with Crippen LogP contribution in [0.15, 0.2) is 111 Å². The summed E-state index contributed by atoms with van der Waals surface area (Å²) >= 11 is 1.65. The first-order chi connectivity index (χ1) is 17.6. The standard InChI is InChI=1S/C29H23FN2OS.C2H6.H2/c1-17(18-7-3-2-4-8-18)31-29(33)19-11-14-27-25(15-19)32-28(21-9-5-6-10-26(21)34-27)20-12-13-24(30)23-16-22(20)23;1-2;/h2-15,17,22-23H,16H2,1H3,(H,31,33);1-2H3;1H. The summed E-state index contributed by atoms with van der Waals surface area (Å²) in [5, 5.41) is 3.09. The number of rotatable bonds is 4. The van der Waals surface area contributed by atoms with Crippen LogP contribution in [0.2, 0.25) is 0 Å². The molecule has 3 unspecified atom stereocenters. The molecule has 0 bridgehead atoms. The highest BCUT2D eigenvalue weighted by atomic mass is 32.2. The van der Waals surface area contributed by atoms with Gasteiger partial charge < -0.3 is 5.32 Å². The quantitative estimate of drug-likeness (QED) is 0.392. The van der Waals surface area contributed by atoms with Crippen LogP contribution in [-0.2, 0) is 0 Å². The Morgan fingerprint density at radius 2 is 1.75 bits per heavy atom. The Hall–Kier alpha value is -3.44. The lowest BCUT2D eigenvalue weighted by molar-refractivity contribution is 0.0940. The Morgan fingerprint density at radius 1 is 1.00 bits per heavy atom. The minimum absolute atomic E-state index is 0. The van der Waals surface area contributed by atoms with Crippen LogP contribution in [0.25, 0.3) is 0 Å². The van der Waals surface area contributed by atoms with Crippen LogP contribution in [0.5, 0.6) is 0 Å². The van der Waals surface area contributed by atoms with Gasteiger partial charge in [0.15, 0.2) is 0 Å². The van der Waals surface area contributed by atoms with Gasteiger partial charge in [-0.2, -0.15) is 0 Å². The lowest BCUT2D eigenvalue weighted by Crippen LogP contribution is -2.26. The molecule has 1 N–H and O–H groups in total. The van der Waals surface area contributed by atoms with Gasteiger partial charge in [0.05, 0.1) is 17.4 Å². The van der Waals surface area contributed by atoms with E-state index in [-0.39, 0.29) is 31.0 Å². The SMILES string of the molecule is CC.CC(NC(=O)c1ccc2c(c1)N=C(C1=CC=C(F)C3CC13)c1ccccc1S2)c1ccccc1.[HH]. The molecule has 3 atom stereocenters. The van der Waals surface area contributed by atoms with Gasteiger partial charge in [0, 0.05) is 28.3 Å². The second-order valence-electron chi connectivity index (χ2n) is 8.97. The predicted molar refractivity (Wildman–Crippen MR) is 148 cm³/mol. The average molecular weight is 499 g/mol. The highest BCUT2D eigenvalue weighted by molar-refractivity contribution is 7.99. The van der Waals surface area contributed by atoms with Crippen LogP contribution in [0, 0.1) is 11.8 Å². The van der Waals surface area contributed by atoms with E-state index in [0.29, 0.717) is 5.56 Å². The van der Waals surface area contributed by atoms with E-state index in [9.17, 15) is 9.18 Å². The summed E-state index contributed by atoms with van der Waals surface area (Å²) in [5.74, 6) is 0.00715. The maximum Gasteiger partial charge on any atom is 0.251 e. The molecule has 1 fully saturated rings. The topological polar surface area (TPSA) is 41.5 Å². The number of hydrogen-bond donors (Lipinski definition) is 1. The van der Waals surface area contributed by atoms with Crippen LogP contribution >= 0.6 is 11.8 Å². The third-order valence-corrected chi connectivity index (χ3v) is 7.84. The minimum Gasteiger partial charge on any atom is -0.346 e. The van der Waals surface area contributed by atoms with E-state index in [2.05, 4.69) is 17.4 Å². The van der Waals surface area contributed by atoms with E-state index in [0.717, 1.165) is 44.3 Å². The summed E-state index contributed by atoms with van der Waals surface area (Å²) in [7, 11) is 0. The zero-order valence-electron chi connectivity index (χ0n) is 20.7. The Kier molecular flexibility index (Phi) is 6.92. The van der Waals surface area contributed by atoms with E-state index in [4.69, 9.17) is 4.99 Å². The van der Waals surface area contributed by atoms with Gasteiger partial charge in [-0.05, 0) is 60.7 Å². The van der Waals surface area contributed by atoms with Crippen molar-refractivity contribution < 1.29 is 10.6 Å². The number of nitrogens with one attached hydrogen (secondary N) is 1. The van der Waals surface area contributed by atoms with E-state index < -0.39 is 0 Å². The van der Waals surface area contributed by atoms with E-state index in [1.165, 1.54) is 0 Å². The second-order valence-corrected chi connectivity index (χ2v) is 10.1. The maximum absolute atomic E-state index is 14.1. The molecule has 3 aromatic rings. The van der Waals surface area contributed by atoms with Crippen molar-refractivity contribution in [1.29, 1.82) is 0 Å². The van der Waals surface area contributed by atoms with Crippen LogP contribution in [0.1, 0.15) is 56.1 Å². The number of amides is 1. The molecule has 0 aromatic heterocycles. The smallest absolute Gasteiger partial charge is 0.251 e. The molecule has 6 rings (SSSR count). The van der Waals surface area contributed by atoms with Crippen molar-refractivity contribution in [3.8, 4) is 0 Å². The molecule has 3 nitrogen and oxygen atoms in total. The number of aliphatic imine (C=N–C) groups is 1. The van der Waals surface area contributed by atoms with Crippen molar-refractivity contribution >= 4 is 29.1 Å². The first-order valence-corrected chi connectivity index (χ1v) is 13.3. The highest BCUT2D eigenvalue weighted by Gasteiger charge is 2.46. The third kappa shape index (κ3) is 4.68. The fourth-order valence-electron chi connectivity index (χ4n) is 4.72. The maximum atomic E-state index is 14.1. The summed E-state index contributed by atoms with van der Waals surface area (Å²) in [6, 6.07) is 23.7. The fraction of sp³-hybridized carbons (Fsp3) is 0.226. The molecule has 5 heteroatoms. The van der Waals surface area contributed by atoms with Gasteiger partial charge in [-0.15, -0.1) is 0 Å². The first-order valence-electron chi connectivity index (χ1n) is 12.5. The molecule has 184 valence electrons. The number of benzene rings is 3. The van der Waals surface area contributed by atoms with Gasteiger partial charge >= 0.3 is 0 Å². The number of carbonyl (C=O) groups is 1. The summed E-state index contributed by atoms with van der Waals surface area (Å²) in [6.45, 7) is 5.98. The van der Waals surface area contributed by atoms with Gasteiger partial charge in [0.25, 0.3) is 5.91 Å². The van der Waals surface area contributed by atoms with Gasteiger partial charge in [-0.25, -0.2) is 9.38 Å². The molecule has 1 saturated carbocycles. The van der Waals surface area contributed by atoms with Crippen molar-refractivity contribution in [2.24, 2.45) is 16.8 Å². The molecule has 1 aliphatic heterocycles. The van der Waals surface area contributed by atoms with Crippen LogP contribution in [0.3, 0.4) is 0 Å². The Morgan fingerprint density at radius 3 is 2.56 bits per heavy atom. The minimum atomic E-state index is -0.133. The summed E-state index contributed by atoms with van der Waals surface area (Å²) in [4.78, 5) is 20.3. The third-order valence-electron chi connectivity index (χ3n) is 6.70. The highest BCUT2D eigenvalue weighted by Crippen LogP contribution is 2.54. The number of hydrogen-bond acceptors (Lipinski definition) is 3. The number of halogens is 1. The monoisotopic (exact) mass is 498 g/mol. The molecular formula is C31H31FN2OS. The van der Waals surface area contributed by atoms with E-state index in [1.54, 1.807) is 17.8 Å². The molecule has 0 saturated heterocycles.